The SMILES string of the molecule is O=C(CSc1nc2ccccc2[nH]1)c1cc2ccccc2oc1=O. The molecule has 0 fully saturated rings. The van der Waals surface area contributed by atoms with Crippen LogP contribution >= 0.6 is 11.8 Å². The van der Waals surface area contributed by atoms with Gasteiger partial charge in [0.2, 0.25) is 0 Å². The number of benzene rings is 2. The highest BCUT2D eigenvalue weighted by molar-refractivity contribution is 7.99. The Bertz CT molecular complexity index is 1080. The summed E-state index contributed by atoms with van der Waals surface area (Å²) in [4.78, 5) is 31.9. The number of nitrogens with one attached hydrogen (secondary N) is 1. The number of carbonyl (C=O) groups is 1. The minimum absolute atomic E-state index is 0.0670. The van der Waals surface area contributed by atoms with Crippen LogP contribution < -0.4 is 5.63 Å². The summed E-state index contributed by atoms with van der Waals surface area (Å²) < 4.78 is 5.20. The number of imidazole rings is 1. The molecule has 0 amide bonds. The Morgan fingerprint density at radius 3 is 2.79 bits per heavy atom. The van der Waals surface area contributed by atoms with Crippen LogP contribution in [0.5, 0.6) is 0 Å². The second-order valence-corrected chi connectivity index (χ2v) is 6.22. The number of H-pyrrole nitrogens is 1. The molecule has 1 N–H and O–H groups in total. The molecule has 0 unspecified atom stereocenters. The maximum absolute atomic E-state index is 12.4. The van der Waals surface area contributed by atoms with Gasteiger partial charge in [0.15, 0.2) is 10.9 Å². The van der Waals surface area contributed by atoms with Crippen molar-refractivity contribution in [3.8, 4) is 0 Å². The molecule has 4 aromatic rings. The molecule has 2 aromatic heterocycles. The predicted molar refractivity (Wildman–Crippen MR) is 93.6 cm³/mol. The number of ketones is 1. The number of aromatic amines is 1. The van der Waals surface area contributed by atoms with Gasteiger partial charge in [-0.15, -0.1) is 0 Å². The largest absolute Gasteiger partial charge is 0.422 e. The monoisotopic (exact) mass is 336 g/mol. The van der Waals surface area contributed by atoms with E-state index in [1.165, 1.54) is 11.8 Å². The van der Waals surface area contributed by atoms with E-state index in [-0.39, 0.29) is 17.1 Å². The Kier molecular flexibility index (Phi) is 3.66. The number of hydrogen-bond donors (Lipinski definition) is 1. The summed E-state index contributed by atoms with van der Waals surface area (Å²) >= 11 is 1.27. The fourth-order valence-corrected chi connectivity index (χ4v) is 3.23. The van der Waals surface area contributed by atoms with E-state index >= 15 is 0 Å². The van der Waals surface area contributed by atoms with Gasteiger partial charge in [0, 0.05) is 5.39 Å². The van der Waals surface area contributed by atoms with Crippen molar-refractivity contribution in [3.05, 3.63) is 70.6 Å². The topological polar surface area (TPSA) is 76.0 Å². The lowest BCUT2D eigenvalue weighted by atomic mass is 10.1. The summed E-state index contributed by atoms with van der Waals surface area (Å²) in [5.74, 6) is -0.164. The third-order valence-corrected chi connectivity index (χ3v) is 4.52. The molecule has 118 valence electrons. The van der Waals surface area contributed by atoms with Gasteiger partial charge in [-0.3, -0.25) is 4.79 Å². The molecule has 0 saturated carbocycles. The summed E-state index contributed by atoms with van der Waals surface area (Å²) in [6, 6.07) is 16.4. The molecule has 0 atom stereocenters. The average molecular weight is 336 g/mol. The van der Waals surface area contributed by atoms with E-state index < -0.39 is 5.63 Å². The highest BCUT2D eigenvalue weighted by Gasteiger charge is 2.15. The van der Waals surface area contributed by atoms with Crippen molar-refractivity contribution in [3.63, 3.8) is 0 Å². The molecule has 2 aromatic carbocycles. The highest BCUT2D eigenvalue weighted by atomic mass is 32.2. The minimum atomic E-state index is -0.607. The fourth-order valence-electron chi connectivity index (χ4n) is 2.47. The van der Waals surface area contributed by atoms with Crippen LogP contribution in [0.2, 0.25) is 0 Å². The van der Waals surface area contributed by atoms with Crippen LogP contribution in [-0.2, 0) is 0 Å². The number of fused-ring (bicyclic) bond motifs is 2. The molecule has 0 aliphatic carbocycles. The van der Waals surface area contributed by atoms with E-state index in [1.807, 2.05) is 30.3 Å². The molecule has 0 spiro atoms. The van der Waals surface area contributed by atoms with Gasteiger partial charge in [-0.05, 0) is 24.3 Å². The lowest BCUT2D eigenvalue weighted by Crippen LogP contribution is -2.15. The Labute approximate surface area is 140 Å². The van der Waals surface area contributed by atoms with E-state index in [2.05, 4.69) is 9.97 Å². The van der Waals surface area contributed by atoms with Gasteiger partial charge in [0.1, 0.15) is 11.1 Å². The summed E-state index contributed by atoms with van der Waals surface area (Å²) in [5, 5.41) is 1.38. The molecule has 0 aliphatic rings. The van der Waals surface area contributed by atoms with Crippen LogP contribution in [0.1, 0.15) is 10.4 Å². The average Bonchev–Trinajstić information content (AvgIpc) is 3.02. The molecular weight excluding hydrogens is 324 g/mol. The quantitative estimate of drug-likeness (QED) is 0.350. The van der Waals surface area contributed by atoms with Crippen molar-refractivity contribution >= 4 is 39.5 Å². The molecule has 0 bridgehead atoms. The Morgan fingerprint density at radius 1 is 1.12 bits per heavy atom. The zero-order valence-electron chi connectivity index (χ0n) is 12.5. The maximum Gasteiger partial charge on any atom is 0.347 e. The summed E-state index contributed by atoms with van der Waals surface area (Å²) in [7, 11) is 0. The van der Waals surface area contributed by atoms with Crippen molar-refractivity contribution < 1.29 is 9.21 Å². The minimum Gasteiger partial charge on any atom is -0.422 e. The van der Waals surface area contributed by atoms with Gasteiger partial charge in [-0.25, -0.2) is 9.78 Å². The fraction of sp³-hybridized carbons (Fsp3) is 0.0556. The summed E-state index contributed by atoms with van der Waals surface area (Å²) in [6.07, 6.45) is 0. The van der Waals surface area contributed by atoms with Gasteiger partial charge in [-0.1, -0.05) is 42.1 Å². The zero-order valence-corrected chi connectivity index (χ0v) is 13.3. The lowest BCUT2D eigenvalue weighted by Gasteiger charge is -2.01. The first kappa shape index (κ1) is 14.7. The van der Waals surface area contributed by atoms with Crippen molar-refractivity contribution in [1.29, 1.82) is 0 Å². The van der Waals surface area contributed by atoms with Gasteiger partial charge in [0.05, 0.1) is 16.8 Å². The van der Waals surface area contributed by atoms with Crippen LogP contribution in [0.25, 0.3) is 22.0 Å². The van der Waals surface area contributed by atoms with E-state index in [9.17, 15) is 9.59 Å². The first-order chi connectivity index (χ1) is 11.7. The third kappa shape index (κ3) is 2.72. The van der Waals surface area contributed by atoms with Crippen molar-refractivity contribution in [2.45, 2.75) is 5.16 Å². The van der Waals surface area contributed by atoms with Gasteiger partial charge >= 0.3 is 5.63 Å². The van der Waals surface area contributed by atoms with Crippen molar-refractivity contribution in [1.82, 2.24) is 9.97 Å². The normalized spacial score (nSPS) is 11.2. The maximum atomic E-state index is 12.4. The van der Waals surface area contributed by atoms with Gasteiger partial charge < -0.3 is 9.40 Å². The number of para-hydroxylation sites is 3. The van der Waals surface area contributed by atoms with Crippen LogP contribution in [-0.4, -0.2) is 21.5 Å². The molecule has 5 nitrogen and oxygen atoms in total. The smallest absolute Gasteiger partial charge is 0.347 e. The van der Waals surface area contributed by atoms with E-state index in [4.69, 9.17) is 4.42 Å². The number of carbonyl (C=O) groups excluding carboxylic acids is 1. The second kappa shape index (κ2) is 5.98. The summed E-state index contributed by atoms with van der Waals surface area (Å²) in [5.41, 5.74) is 1.69. The van der Waals surface area contributed by atoms with E-state index in [0.717, 1.165) is 16.4 Å². The van der Waals surface area contributed by atoms with Gasteiger partial charge in [-0.2, -0.15) is 0 Å². The first-order valence-electron chi connectivity index (χ1n) is 7.34. The van der Waals surface area contributed by atoms with E-state index in [1.54, 1.807) is 24.3 Å². The number of hydrogen-bond acceptors (Lipinski definition) is 5. The predicted octanol–water partition coefficient (Wildman–Crippen LogP) is 3.64. The van der Waals surface area contributed by atoms with Crippen molar-refractivity contribution in [2.24, 2.45) is 0 Å². The zero-order chi connectivity index (χ0) is 16.5. The third-order valence-electron chi connectivity index (χ3n) is 3.65. The van der Waals surface area contributed by atoms with Gasteiger partial charge in [0.25, 0.3) is 0 Å². The van der Waals surface area contributed by atoms with Crippen LogP contribution in [0, 0.1) is 0 Å². The Morgan fingerprint density at radius 2 is 1.92 bits per heavy atom. The molecule has 4 rings (SSSR count). The molecule has 6 heteroatoms. The number of nitrogens with zero attached hydrogens (tertiary/aromatic N) is 1. The molecule has 0 radical (unpaired) electrons. The lowest BCUT2D eigenvalue weighted by molar-refractivity contribution is 0.101. The Balaban J connectivity index is 1.57. The second-order valence-electron chi connectivity index (χ2n) is 5.26. The van der Waals surface area contributed by atoms with Crippen LogP contribution in [0.3, 0.4) is 0 Å². The standard InChI is InChI=1S/C18H12N2O3S/c21-15(10-24-18-19-13-6-2-3-7-14(13)20-18)12-9-11-5-1-4-8-16(11)23-17(12)22/h1-9H,10H2,(H,19,20). The molecule has 0 saturated heterocycles. The van der Waals surface area contributed by atoms with Crippen LogP contribution in [0.15, 0.2) is 69.0 Å². The molecule has 0 aliphatic heterocycles. The highest BCUT2D eigenvalue weighted by Crippen LogP contribution is 2.20. The number of aromatic nitrogens is 2. The number of thioether (sulfide) groups is 1. The summed E-state index contributed by atoms with van der Waals surface area (Å²) in [6.45, 7) is 0. The molecule has 24 heavy (non-hydrogen) atoms. The molecule has 2 heterocycles. The first-order valence-corrected chi connectivity index (χ1v) is 8.33. The van der Waals surface area contributed by atoms with Crippen LogP contribution in [0.4, 0.5) is 0 Å². The number of rotatable bonds is 4. The number of Topliss-reactive ketones (excluding diaryl/α,β-unsaturated/α-hetero) is 1. The van der Waals surface area contributed by atoms with E-state index in [0.29, 0.717) is 10.7 Å². The van der Waals surface area contributed by atoms with Crippen molar-refractivity contribution in [2.75, 3.05) is 5.75 Å². The Hall–Kier alpha value is -2.86. The molecular formula is C18H12N2O3S.